The molecule has 2 aromatic heterocycles. The number of ether oxygens (including phenoxy) is 1. The van der Waals surface area contributed by atoms with Crippen LogP contribution in [0.15, 0.2) is 36.5 Å². The third-order valence-corrected chi connectivity index (χ3v) is 8.05. The van der Waals surface area contributed by atoms with E-state index >= 15 is 0 Å². The fourth-order valence-corrected chi connectivity index (χ4v) is 5.78. The van der Waals surface area contributed by atoms with Crippen molar-refractivity contribution in [2.45, 2.75) is 63.6 Å². The number of hydrogen-bond acceptors (Lipinski definition) is 8. The van der Waals surface area contributed by atoms with Crippen LogP contribution in [0.4, 0.5) is 11.4 Å². The number of nitrogens with zero attached hydrogens (tertiary/aromatic N) is 3. The number of hydrogen-bond donors (Lipinski definition) is 3. The van der Waals surface area contributed by atoms with Crippen molar-refractivity contribution in [3.63, 3.8) is 0 Å². The molecule has 0 spiro atoms. The van der Waals surface area contributed by atoms with Crippen LogP contribution in [-0.4, -0.2) is 58.4 Å². The summed E-state index contributed by atoms with van der Waals surface area (Å²) in [6.07, 6.45) is 7.36. The van der Waals surface area contributed by atoms with Crippen molar-refractivity contribution in [2.24, 2.45) is 0 Å². The summed E-state index contributed by atoms with van der Waals surface area (Å²) >= 11 is 0.861. The van der Waals surface area contributed by atoms with Gasteiger partial charge in [-0.3, -0.25) is 24.3 Å². The smallest absolute Gasteiger partial charge is 0.273 e. The van der Waals surface area contributed by atoms with Gasteiger partial charge in [-0.05, 0) is 56.3 Å². The van der Waals surface area contributed by atoms with Gasteiger partial charge in [0.2, 0.25) is 5.91 Å². The second-order valence-electron chi connectivity index (χ2n) is 9.85. The highest BCUT2D eigenvalue weighted by molar-refractivity contribution is 7.09. The molecule has 1 saturated heterocycles. The van der Waals surface area contributed by atoms with Crippen molar-refractivity contribution < 1.29 is 19.1 Å². The number of para-hydroxylation sites is 1. The van der Waals surface area contributed by atoms with E-state index in [0.717, 1.165) is 61.0 Å². The number of benzene rings is 1. The van der Waals surface area contributed by atoms with Gasteiger partial charge in [0.05, 0.1) is 29.2 Å². The van der Waals surface area contributed by atoms with E-state index in [9.17, 15) is 14.4 Å². The summed E-state index contributed by atoms with van der Waals surface area (Å²) in [4.78, 5) is 46.0. The first-order chi connectivity index (χ1) is 18.4. The van der Waals surface area contributed by atoms with Crippen molar-refractivity contribution >= 4 is 51.5 Å². The van der Waals surface area contributed by atoms with Crippen molar-refractivity contribution in [3.8, 4) is 0 Å². The molecule has 3 heterocycles. The lowest BCUT2D eigenvalue weighted by Gasteiger charge is -2.28. The van der Waals surface area contributed by atoms with Gasteiger partial charge in [-0.25, -0.2) is 0 Å². The highest BCUT2D eigenvalue weighted by Crippen LogP contribution is 2.29. The average molecular weight is 537 g/mol. The maximum Gasteiger partial charge on any atom is 0.273 e. The third kappa shape index (κ3) is 5.48. The fourth-order valence-electron chi connectivity index (χ4n) is 5.04. The maximum atomic E-state index is 13.9. The van der Waals surface area contributed by atoms with Gasteiger partial charge >= 0.3 is 0 Å². The van der Waals surface area contributed by atoms with E-state index in [2.05, 4.69) is 20.0 Å². The highest BCUT2D eigenvalue weighted by Gasteiger charge is 2.33. The summed E-state index contributed by atoms with van der Waals surface area (Å²) in [5.41, 5.74) is 7.57. The molecule has 2 aliphatic rings. The van der Waals surface area contributed by atoms with Crippen molar-refractivity contribution in [1.29, 1.82) is 0 Å². The molecule has 4 N–H and O–H groups in total. The fraction of sp³-hybridized carbons (Fsp3) is 0.444. The van der Waals surface area contributed by atoms with E-state index < -0.39 is 11.9 Å². The van der Waals surface area contributed by atoms with Crippen LogP contribution in [0.1, 0.15) is 65.6 Å². The van der Waals surface area contributed by atoms with Crippen molar-refractivity contribution in [1.82, 2.24) is 20.0 Å². The average Bonchev–Trinajstić information content (AvgIpc) is 3.70. The number of anilines is 2. The molecule has 3 aromatic rings. The Balaban J connectivity index is 1.43. The first-order valence-corrected chi connectivity index (χ1v) is 13.8. The predicted molar refractivity (Wildman–Crippen MR) is 146 cm³/mol. The first kappa shape index (κ1) is 26.1. The molecular formula is C27H32N6O4S. The van der Waals surface area contributed by atoms with Crippen LogP contribution in [0.2, 0.25) is 0 Å². The molecular weight excluding hydrogens is 504 g/mol. The summed E-state index contributed by atoms with van der Waals surface area (Å²) in [6, 6.07) is 8.56. The Hall–Kier alpha value is -3.57. The molecule has 2 fully saturated rings. The van der Waals surface area contributed by atoms with Gasteiger partial charge in [0.1, 0.15) is 10.9 Å². The number of nitrogens with one attached hydrogen (secondary N) is 2. The first-order valence-electron chi connectivity index (χ1n) is 13.1. The van der Waals surface area contributed by atoms with Crippen molar-refractivity contribution in [3.05, 3.63) is 47.1 Å². The molecule has 10 nitrogen and oxygen atoms in total. The molecule has 2 atom stereocenters. The lowest BCUT2D eigenvalue weighted by molar-refractivity contribution is -0.122. The van der Waals surface area contributed by atoms with Crippen LogP contribution in [-0.2, 0) is 9.53 Å². The second kappa shape index (κ2) is 11.4. The predicted octanol–water partition coefficient (Wildman–Crippen LogP) is 3.28. The molecule has 200 valence electrons. The van der Waals surface area contributed by atoms with E-state index in [1.54, 1.807) is 13.1 Å². The number of fused-ring (bicyclic) bond motifs is 1. The number of carbonyl (C=O) groups excluding carboxylic acids is 3. The van der Waals surface area contributed by atoms with Crippen LogP contribution in [0.5, 0.6) is 0 Å². The lowest BCUT2D eigenvalue weighted by atomic mass is 10.1. The molecule has 38 heavy (non-hydrogen) atoms. The third-order valence-electron chi connectivity index (χ3n) is 7.20. The van der Waals surface area contributed by atoms with E-state index in [0.29, 0.717) is 18.8 Å². The molecule has 1 aliphatic carbocycles. The van der Waals surface area contributed by atoms with E-state index in [-0.39, 0.29) is 40.2 Å². The molecule has 1 saturated carbocycles. The minimum atomic E-state index is -0.885. The van der Waals surface area contributed by atoms with Crippen molar-refractivity contribution in [2.75, 3.05) is 23.8 Å². The molecule has 0 radical (unpaired) electrons. The zero-order valence-electron chi connectivity index (χ0n) is 21.3. The van der Waals surface area contributed by atoms with E-state index in [4.69, 9.17) is 10.5 Å². The van der Waals surface area contributed by atoms with Crippen LogP contribution in [0, 0.1) is 0 Å². The Morgan fingerprint density at radius 3 is 2.74 bits per heavy atom. The van der Waals surface area contributed by atoms with Gasteiger partial charge in [0, 0.05) is 24.6 Å². The summed E-state index contributed by atoms with van der Waals surface area (Å²) in [5, 5.41) is 6.70. The molecule has 3 amide bonds. The minimum Gasteiger partial charge on any atom is -0.395 e. The number of nitrogen functional groups attached to an aromatic ring is 1. The Morgan fingerprint density at radius 1 is 1.18 bits per heavy atom. The Morgan fingerprint density at radius 2 is 1.97 bits per heavy atom. The van der Waals surface area contributed by atoms with Gasteiger partial charge in [0.15, 0.2) is 5.69 Å². The topological polar surface area (TPSA) is 140 Å². The Labute approximate surface area is 225 Å². The standard InChI is InChI=1S/C27H32N6O4S/c1-16(25(34)30-15-20-10-6-12-37-20)33(19-13-17-7-2-5-11-21(17)29-14-19)27(36)24-22(28)23(32-38-24)26(35)31-18-8-3-4-9-18/h2,5,7,11,13-14,16,18,20H,3-4,6,8-10,12,15,28H2,1H3,(H,30,34)(H,31,35)/t16-,20-/m0/s1. The van der Waals surface area contributed by atoms with Gasteiger partial charge < -0.3 is 21.1 Å². The zero-order chi connectivity index (χ0) is 26.6. The Bertz CT molecular complexity index is 1330. The SMILES string of the molecule is C[C@@H](C(=O)NC[C@@H]1CCCO1)N(C(=O)c1snc(C(=O)NC2CCCC2)c1N)c1cnc2ccccc2c1. The second-order valence-corrected chi connectivity index (χ2v) is 10.6. The molecule has 11 heteroatoms. The largest absolute Gasteiger partial charge is 0.395 e. The molecule has 0 bridgehead atoms. The van der Waals surface area contributed by atoms with Gasteiger partial charge in [0.25, 0.3) is 11.8 Å². The molecule has 1 aliphatic heterocycles. The summed E-state index contributed by atoms with van der Waals surface area (Å²) < 4.78 is 9.84. The normalized spacial score (nSPS) is 18.4. The summed E-state index contributed by atoms with van der Waals surface area (Å²) in [5.74, 6) is -1.23. The summed E-state index contributed by atoms with van der Waals surface area (Å²) in [6.45, 7) is 2.71. The number of aromatic nitrogens is 2. The van der Waals surface area contributed by atoms with Gasteiger partial charge in [-0.15, -0.1) is 0 Å². The highest BCUT2D eigenvalue weighted by atomic mass is 32.1. The van der Waals surface area contributed by atoms with Crippen LogP contribution >= 0.6 is 11.5 Å². The van der Waals surface area contributed by atoms with Gasteiger partial charge in [-0.1, -0.05) is 31.0 Å². The number of amides is 3. The molecule has 0 unspecified atom stereocenters. The quantitative estimate of drug-likeness (QED) is 0.401. The monoisotopic (exact) mass is 536 g/mol. The maximum absolute atomic E-state index is 13.9. The number of rotatable bonds is 8. The molecule has 1 aromatic carbocycles. The van der Waals surface area contributed by atoms with Crippen LogP contribution in [0.25, 0.3) is 10.9 Å². The number of nitrogens with two attached hydrogens (primary N) is 1. The van der Waals surface area contributed by atoms with Crippen LogP contribution in [0.3, 0.4) is 0 Å². The zero-order valence-corrected chi connectivity index (χ0v) is 22.1. The van der Waals surface area contributed by atoms with E-state index in [1.165, 1.54) is 4.90 Å². The van der Waals surface area contributed by atoms with Crippen LogP contribution < -0.4 is 21.3 Å². The molecule has 5 rings (SSSR count). The lowest BCUT2D eigenvalue weighted by Crippen LogP contribution is -2.49. The summed E-state index contributed by atoms with van der Waals surface area (Å²) in [7, 11) is 0. The minimum absolute atomic E-state index is 0.0150. The number of carbonyl (C=O) groups is 3. The van der Waals surface area contributed by atoms with E-state index in [1.807, 2.05) is 30.3 Å². The van der Waals surface area contributed by atoms with Gasteiger partial charge in [-0.2, -0.15) is 4.37 Å². The Kier molecular flexibility index (Phi) is 7.85. The number of pyridine rings is 1.